The van der Waals surface area contributed by atoms with Gasteiger partial charge in [0.2, 0.25) is 5.95 Å². The van der Waals surface area contributed by atoms with Crippen LogP contribution in [0.1, 0.15) is 0 Å². The molecule has 0 radical (unpaired) electrons. The van der Waals surface area contributed by atoms with Gasteiger partial charge in [-0.2, -0.15) is 0 Å². The van der Waals surface area contributed by atoms with E-state index in [1.807, 2.05) is 0 Å². The lowest BCUT2D eigenvalue weighted by Gasteiger charge is -1.94. The third kappa shape index (κ3) is 1.06. The SMILES string of the molecule is CNc1ncc2nc(N)sc2n1. The van der Waals surface area contributed by atoms with E-state index in [1.165, 1.54) is 11.3 Å². The Morgan fingerprint density at radius 3 is 3.08 bits per heavy atom. The van der Waals surface area contributed by atoms with Crippen LogP contribution >= 0.6 is 11.3 Å². The first-order valence-electron chi connectivity index (χ1n) is 3.36. The van der Waals surface area contributed by atoms with Crippen LogP contribution in [-0.4, -0.2) is 22.0 Å². The Morgan fingerprint density at radius 2 is 2.33 bits per heavy atom. The van der Waals surface area contributed by atoms with E-state index in [-0.39, 0.29) is 0 Å². The summed E-state index contributed by atoms with van der Waals surface area (Å²) in [7, 11) is 1.77. The minimum atomic E-state index is 0.521. The lowest BCUT2D eigenvalue weighted by Crippen LogP contribution is -1.94. The number of anilines is 2. The lowest BCUT2D eigenvalue weighted by atomic mass is 10.6. The van der Waals surface area contributed by atoms with Crippen molar-refractivity contribution in [1.29, 1.82) is 0 Å². The van der Waals surface area contributed by atoms with Crippen molar-refractivity contribution in [3.63, 3.8) is 0 Å². The van der Waals surface area contributed by atoms with Crippen molar-refractivity contribution in [2.24, 2.45) is 0 Å². The third-order valence-corrected chi connectivity index (χ3v) is 2.19. The summed E-state index contributed by atoms with van der Waals surface area (Å²) in [6, 6.07) is 0. The molecule has 0 saturated carbocycles. The van der Waals surface area contributed by atoms with Crippen molar-refractivity contribution in [1.82, 2.24) is 15.0 Å². The lowest BCUT2D eigenvalue weighted by molar-refractivity contribution is 1.19. The number of fused-ring (bicyclic) bond motifs is 1. The average molecular weight is 181 g/mol. The van der Waals surface area contributed by atoms with Gasteiger partial charge in [0, 0.05) is 7.05 Å². The molecule has 0 atom stereocenters. The van der Waals surface area contributed by atoms with Crippen molar-refractivity contribution in [2.75, 3.05) is 18.1 Å². The zero-order valence-electron chi connectivity index (χ0n) is 6.40. The van der Waals surface area contributed by atoms with Crippen molar-refractivity contribution in [3.05, 3.63) is 6.20 Å². The van der Waals surface area contributed by atoms with E-state index < -0.39 is 0 Å². The monoisotopic (exact) mass is 181 g/mol. The van der Waals surface area contributed by atoms with Gasteiger partial charge in [0.25, 0.3) is 0 Å². The summed E-state index contributed by atoms with van der Waals surface area (Å²) in [6.07, 6.45) is 1.65. The largest absolute Gasteiger partial charge is 0.375 e. The van der Waals surface area contributed by atoms with Crippen LogP contribution < -0.4 is 11.1 Å². The molecule has 3 N–H and O–H groups in total. The number of aromatic nitrogens is 3. The molecule has 0 fully saturated rings. The van der Waals surface area contributed by atoms with Crippen LogP contribution in [0, 0.1) is 0 Å². The van der Waals surface area contributed by atoms with Crippen LogP contribution in [0.3, 0.4) is 0 Å². The standard InChI is InChI=1S/C6H7N5S/c1-8-6-9-2-3-4(11-6)12-5(7)10-3/h2H,1H3,(H2,7,10)(H,8,9,11). The topological polar surface area (TPSA) is 76.7 Å². The fourth-order valence-corrected chi connectivity index (χ4v) is 1.55. The van der Waals surface area contributed by atoms with Crippen molar-refractivity contribution in [2.45, 2.75) is 0 Å². The number of nitrogens with zero attached hydrogens (tertiary/aromatic N) is 3. The Hall–Kier alpha value is -1.43. The molecule has 0 aromatic carbocycles. The molecule has 2 heterocycles. The Morgan fingerprint density at radius 1 is 1.50 bits per heavy atom. The molecule has 2 rings (SSSR count). The van der Waals surface area contributed by atoms with E-state index >= 15 is 0 Å². The molecule has 0 bridgehead atoms. The molecule has 0 aliphatic rings. The summed E-state index contributed by atoms with van der Waals surface area (Å²) >= 11 is 1.36. The third-order valence-electron chi connectivity index (χ3n) is 1.39. The summed E-state index contributed by atoms with van der Waals surface area (Å²) in [6.45, 7) is 0. The second-order valence-corrected chi connectivity index (χ2v) is 3.20. The van der Waals surface area contributed by atoms with Crippen LogP contribution in [0.4, 0.5) is 11.1 Å². The summed E-state index contributed by atoms with van der Waals surface area (Å²) in [5.74, 6) is 0.589. The van der Waals surface area contributed by atoms with E-state index in [4.69, 9.17) is 5.73 Å². The summed E-state index contributed by atoms with van der Waals surface area (Å²) in [5.41, 5.74) is 6.25. The van der Waals surface area contributed by atoms with Gasteiger partial charge < -0.3 is 11.1 Å². The smallest absolute Gasteiger partial charge is 0.223 e. The van der Waals surface area contributed by atoms with Crippen LogP contribution in [-0.2, 0) is 0 Å². The van der Waals surface area contributed by atoms with Gasteiger partial charge in [0.15, 0.2) is 9.96 Å². The second-order valence-electron chi connectivity index (χ2n) is 2.19. The van der Waals surface area contributed by atoms with E-state index in [2.05, 4.69) is 20.3 Å². The molecule has 6 heteroatoms. The van der Waals surface area contributed by atoms with E-state index in [1.54, 1.807) is 13.2 Å². The molecule has 0 spiro atoms. The van der Waals surface area contributed by atoms with Gasteiger partial charge in [0.05, 0.1) is 6.20 Å². The number of rotatable bonds is 1. The molecule has 62 valence electrons. The van der Waals surface area contributed by atoms with Gasteiger partial charge in [-0.25, -0.2) is 15.0 Å². The van der Waals surface area contributed by atoms with Crippen molar-refractivity contribution >= 4 is 32.8 Å². The summed E-state index contributed by atoms with van der Waals surface area (Å²) < 4.78 is 0. The van der Waals surface area contributed by atoms with Crippen molar-refractivity contribution < 1.29 is 0 Å². The molecular weight excluding hydrogens is 174 g/mol. The number of thiazole rings is 1. The first-order chi connectivity index (χ1) is 5.79. The molecule has 0 amide bonds. The minimum Gasteiger partial charge on any atom is -0.375 e. The Bertz CT molecular complexity index is 409. The minimum absolute atomic E-state index is 0.521. The predicted octanol–water partition coefficient (Wildman–Crippen LogP) is 0.710. The first kappa shape index (κ1) is 7.23. The zero-order valence-corrected chi connectivity index (χ0v) is 7.22. The second kappa shape index (κ2) is 2.56. The maximum absolute atomic E-state index is 5.50. The van der Waals surface area contributed by atoms with Crippen LogP contribution in [0.5, 0.6) is 0 Å². The van der Waals surface area contributed by atoms with E-state index in [0.29, 0.717) is 11.1 Å². The molecule has 0 aliphatic heterocycles. The van der Waals surface area contributed by atoms with Gasteiger partial charge in [-0.05, 0) is 0 Å². The molecular formula is C6H7N5S. The Kier molecular flexibility index (Phi) is 1.54. The van der Waals surface area contributed by atoms with Gasteiger partial charge >= 0.3 is 0 Å². The zero-order chi connectivity index (χ0) is 8.55. The van der Waals surface area contributed by atoms with E-state index in [9.17, 15) is 0 Å². The fourth-order valence-electron chi connectivity index (χ4n) is 0.873. The van der Waals surface area contributed by atoms with Gasteiger partial charge in [0.1, 0.15) is 5.52 Å². The van der Waals surface area contributed by atoms with E-state index in [0.717, 1.165) is 10.3 Å². The molecule has 12 heavy (non-hydrogen) atoms. The first-order valence-corrected chi connectivity index (χ1v) is 4.18. The Labute approximate surface area is 72.7 Å². The normalized spacial score (nSPS) is 10.4. The number of hydrogen-bond donors (Lipinski definition) is 2. The van der Waals surface area contributed by atoms with Gasteiger partial charge in [-0.1, -0.05) is 11.3 Å². The Balaban J connectivity index is 2.66. The highest BCUT2D eigenvalue weighted by molar-refractivity contribution is 7.21. The molecule has 0 saturated heterocycles. The maximum atomic E-state index is 5.50. The highest BCUT2D eigenvalue weighted by Crippen LogP contribution is 2.21. The highest BCUT2D eigenvalue weighted by Gasteiger charge is 2.02. The average Bonchev–Trinajstić information content (AvgIpc) is 2.43. The number of nitrogens with one attached hydrogen (secondary N) is 1. The van der Waals surface area contributed by atoms with Crippen LogP contribution in [0.25, 0.3) is 10.3 Å². The van der Waals surface area contributed by atoms with Gasteiger partial charge in [-0.3, -0.25) is 0 Å². The number of nitrogens with two attached hydrogens (primary N) is 1. The summed E-state index contributed by atoms with van der Waals surface area (Å²) in [4.78, 5) is 13.0. The fraction of sp³-hybridized carbons (Fsp3) is 0.167. The quantitative estimate of drug-likeness (QED) is 0.677. The summed E-state index contributed by atoms with van der Waals surface area (Å²) in [5, 5.41) is 3.37. The molecule has 5 nitrogen and oxygen atoms in total. The predicted molar refractivity (Wildman–Crippen MR) is 49.2 cm³/mol. The van der Waals surface area contributed by atoms with Crippen LogP contribution in [0.15, 0.2) is 6.20 Å². The molecule has 2 aromatic heterocycles. The van der Waals surface area contributed by atoms with Gasteiger partial charge in [-0.15, -0.1) is 0 Å². The van der Waals surface area contributed by atoms with Crippen molar-refractivity contribution in [3.8, 4) is 0 Å². The maximum Gasteiger partial charge on any atom is 0.223 e. The molecule has 2 aromatic rings. The van der Waals surface area contributed by atoms with Crippen LogP contribution in [0.2, 0.25) is 0 Å². The number of hydrogen-bond acceptors (Lipinski definition) is 6. The number of nitrogen functional groups attached to an aromatic ring is 1. The highest BCUT2D eigenvalue weighted by atomic mass is 32.1. The molecule has 0 unspecified atom stereocenters. The molecule has 0 aliphatic carbocycles.